The van der Waals surface area contributed by atoms with Crippen molar-refractivity contribution in [2.75, 3.05) is 6.54 Å². The van der Waals surface area contributed by atoms with Crippen LogP contribution in [0.3, 0.4) is 0 Å². The summed E-state index contributed by atoms with van der Waals surface area (Å²) in [6.07, 6.45) is 3.51. The van der Waals surface area contributed by atoms with Crippen LogP contribution in [0.2, 0.25) is 0 Å². The van der Waals surface area contributed by atoms with Gasteiger partial charge in [0.05, 0.1) is 17.4 Å². The number of nitrogens with zero attached hydrogens (tertiary/aromatic N) is 6. The van der Waals surface area contributed by atoms with Gasteiger partial charge in [0.25, 0.3) is 0 Å². The number of aryl methyl sites for hydroxylation is 1. The van der Waals surface area contributed by atoms with E-state index in [1.165, 1.54) is 11.9 Å². The third-order valence-corrected chi connectivity index (χ3v) is 9.23. The number of benzene rings is 1. The van der Waals surface area contributed by atoms with E-state index in [0.29, 0.717) is 24.3 Å². The molecule has 2 fully saturated rings. The summed E-state index contributed by atoms with van der Waals surface area (Å²) >= 11 is 0. The van der Waals surface area contributed by atoms with Crippen molar-refractivity contribution in [1.29, 1.82) is 0 Å². The van der Waals surface area contributed by atoms with Crippen LogP contribution in [-0.4, -0.2) is 104 Å². The van der Waals surface area contributed by atoms with Crippen molar-refractivity contribution in [1.82, 2.24) is 19.8 Å². The second kappa shape index (κ2) is 10.8. The number of aliphatic hydroxyl groups excluding tert-OH is 2. The molecule has 1 saturated carbocycles. The Morgan fingerprint density at radius 1 is 1.17 bits per heavy atom. The fourth-order valence-electron chi connectivity index (χ4n) is 6.62. The van der Waals surface area contributed by atoms with Crippen LogP contribution in [0.1, 0.15) is 65.3 Å². The van der Waals surface area contributed by atoms with E-state index in [1.807, 2.05) is 0 Å². The van der Waals surface area contributed by atoms with E-state index in [4.69, 9.17) is 15.5 Å². The van der Waals surface area contributed by atoms with Crippen LogP contribution >= 0.6 is 0 Å². The predicted molar refractivity (Wildman–Crippen MR) is 160 cm³/mol. The highest BCUT2D eigenvalue weighted by Crippen LogP contribution is 2.38. The minimum absolute atomic E-state index is 0.112. The number of fused-ring (bicyclic) bond motifs is 2. The number of nitrogens with one attached hydrogen (secondary N) is 1. The first kappa shape index (κ1) is 28.3. The molecule has 11 heteroatoms. The van der Waals surface area contributed by atoms with Gasteiger partial charge in [0.2, 0.25) is 0 Å². The summed E-state index contributed by atoms with van der Waals surface area (Å²) in [5, 5.41) is 21.9. The van der Waals surface area contributed by atoms with Crippen LogP contribution in [0.15, 0.2) is 33.2 Å². The van der Waals surface area contributed by atoms with Crippen molar-refractivity contribution in [2.45, 2.75) is 115 Å². The number of nitrogens with two attached hydrogens (primary N) is 1. The second-order valence-electron chi connectivity index (χ2n) is 13.4. The number of aromatic amines is 1. The molecule has 1 aromatic carbocycles. The normalized spacial score (nSPS) is 33.2. The maximum Gasteiger partial charge on any atom is 0.161 e. The molecule has 222 valence electrons. The molecule has 2 unspecified atom stereocenters. The summed E-state index contributed by atoms with van der Waals surface area (Å²) in [6.45, 7) is 11.6. The van der Waals surface area contributed by atoms with E-state index in [2.05, 4.69) is 77.7 Å². The number of amidine groups is 1. The summed E-state index contributed by atoms with van der Waals surface area (Å²) in [4.78, 5) is 25.4. The monoisotopic (exact) mass is 564 g/mol. The van der Waals surface area contributed by atoms with Crippen molar-refractivity contribution in [3.8, 4) is 0 Å². The standard InChI is InChI=1S/C30H44N8O3/c1-16(2)37(13-22-25(39)26(40)29(41-22)38-15-34-24-27(31)32-14-33-28(24)38)19-10-17(11-19)6-9-23-35-20-8-7-18(30(3,4)5)12-21(20)36-23/h7-8,12,14-17,19,22,24-26,28-29,39-40H,6,9-11,13H2,1-5H3,(H,35,36)(H2,31,32,33)/t17?,19?,22-,24?,25-,26-,28?,29-/m1/s1. The van der Waals surface area contributed by atoms with Crippen LogP contribution in [0.4, 0.5) is 0 Å². The molecule has 11 nitrogen and oxygen atoms in total. The summed E-state index contributed by atoms with van der Waals surface area (Å²) in [5.41, 5.74) is 9.55. The van der Waals surface area contributed by atoms with Crippen LogP contribution < -0.4 is 5.73 Å². The minimum Gasteiger partial charge on any atom is -0.387 e. The summed E-state index contributed by atoms with van der Waals surface area (Å²) in [6, 6.07) is 6.85. The fourth-order valence-corrected chi connectivity index (χ4v) is 6.62. The van der Waals surface area contributed by atoms with E-state index in [1.54, 1.807) is 11.2 Å². The van der Waals surface area contributed by atoms with Gasteiger partial charge in [0.1, 0.15) is 42.4 Å². The minimum atomic E-state index is -1.08. The molecule has 6 atom stereocenters. The molecule has 0 spiro atoms. The third-order valence-electron chi connectivity index (χ3n) is 9.23. The van der Waals surface area contributed by atoms with Gasteiger partial charge >= 0.3 is 0 Å². The zero-order valence-corrected chi connectivity index (χ0v) is 24.7. The van der Waals surface area contributed by atoms with Crippen molar-refractivity contribution < 1.29 is 14.9 Å². The van der Waals surface area contributed by atoms with Crippen LogP contribution in [0.25, 0.3) is 11.0 Å². The molecule has 6 rings (SSSR count). The van der Waals surface area contributed by atoms with E-state index in [-0.39, 0.29) is 11.5 Å². The van der Waals surface area contributed by atoms with Crippen molar-refractivity contribution >= 4 is 29.5 Å². The van der Waals surface area contributed by atoms with Crippen LogP contribution in [-0.2, 0) is 16.6 Å². The lowest BCUT2D eigenvalue weighted by Gasteiger charge is -2.46. The number of rotatable bonds is 8. The summed E-state index contributed by atoms with van der Waals surface area (Å²) in [5.74, 6) is 2.08. The average molecular weight is 565 g/mol. The first-order chi connectivity index (χ1) is 19.5. The molecule has 2 aromatic rings. The molecule has 41 heavy (non-hydrogen) atoms. The van der Waals surface area contributed by atoms with Gasteiger partial charge in [-0.2, -0.15) is 0 Å². The SMILES string of the molecule is CC(C)N(C[C@H]1O[C@@H](N2C=NC3C(N)=NC=NC32)[C@H](O)[C@@H]1O)C1CC(CCc2nc3ccc(C(C)(C)C)cc3[nH]2)C1. The van der Waals surface area contributed by atoms with Gasteiger partial charge in [0.15, 0.2) is 12.4 Å². The highest BCUT2D eigenvalue weighted by atomic mass is 16.6. The molecule has 0 bridgehead atoms. The second-order valence-corrected chi connectivity index (χ2v) is 13.4. The lowest BCUT2D eigenvalue weighted by molar-refractivity contribution is -0.0829. The lowest BCUT2D eigenvalue weighted by Crippen LogP contribution is -2.52. The molecule has 4 heterocycles. The number of ether oxygens (including phenoxy) is 1. The molecule has 1 saturated heterocycles. The molecular weight excluding hydrogens is 520 g/mol. The number of hydrogen-bond donors (Lipinski definition) is 4. The summed E-state index contributed by atoms with van der Waals surface area (Å²) < 4.78 is 6.27. The molecule has 4 aliphatic rings. The number of aromatic nitrogens is 2. The number of H-pyrrole nitrogens is 1. The van der Waals surface area contributed by atoms with Crippen LogP contribution in [0.5, 0.6) is 0 Å². The Morgan fingerprint density at radius 2 is 1.95 bits per heavy atom. The number of aliphatic imine (C=N–C) groups is 3. The number of aliphatic hydroxyl groups is 2. The van der Waals surface area contributed by atoms with Crippen molar-refractivity contribution in [2.24, 2.45) is 26.6 Å². The molecule has 5 N–H and O–H groups in total. The first-order valence-corrected chi connectivity index (χ1v) is 14.9. The first-order valence-electron chi connectivity index (χ1n) is 14.9. The summed E-state index contributed by atoms with van der Waals surface area (Å²) in [7, 11) is 0. The Hall–Kier alpha value is -2.86. The van der Waals surface area contributed by atoms with E-state index in [9.17, 15) is 10.2 Å². The Balaban J connectivity index is 1.03. The molecule has 1 aromatic heterocycles. The Bertz CT molecular complexity index is 1340. The molecule has 1 aliphatic carbocycles. The predicted octanol–water partition coefficient (Wildman–Crippen LogP) is 2.17. The lowest BCUT2D eigenvalue weighted by atomic mass is 9.76. The smallest absolute Gasteiger partial charge is 0.161 e. The zero-order chi connectivity index (χ0) is 29.1. The molecule has 0 radical (unpaired) electrons. The van der Waals surface area contributed by atoms with Gasteiger partial charge < -0.3 is 30.6 Å². The zero-order valence-electron chi connectivity index (χ0n) is 24.7. The van der Waals surface area contributed by atoms with Gasteiger partial charge in [0, 0.05) is 25.0 Å². The number of hydrogen-bond acceptors (Lipinski definition) is 10. The third kappa shape index (κ3) is 5.40. The van der Waals surface area contributed by atoms with Crippen molar-refractivity contribution in [3.05, 3.63) is 29.6 Å². The van der Waals surface area contributed by atoms with Gasteiger partial charge in [-0.15, -0.1) is 0 Å². The maximum absolute atomic E-state index is 11.0. The largest absolute Gasteiger partial charge is 0.387 e. The highest BCUT2D eigenvalue weighted by molar-refractivity contribution is 5.96. The average Bonchev–Trinajstić information content (AvgIpc) is 3.58. The van der Waals surface area contributed by atoms with E-state index >= 15 is 0 Å². The van der Waals surface area contributed by atoms with Gasteiger partial charge in [-0.05, 0) is 62.1 Å². The molecule has 3 aliphatic heterocycles. The quantitative estimate of drug-likeness (QED) is 0.384. The van der Waals surface area contributed by atoms with E-state index in [0.717, 1.165) is 42.5 Å². The Kier molecular flexibility index (Phi) is 7.42. The number of imidazole rings is 1. The van der Waals surface area contributed by atoms with Gasteiger partial charge in [-0.25, -0.2) is 15.0 Å². The maximum atomic E-state index is 11.0. The molecular formula is C30H44N8O3. The van der Waals surface area contributed by atoms with Crippen LogP contribution in [0, 0.1) is 5.92 Å². The van der Waals surface area contributed by atoms with Crippen molar-refractivity contribution in [3.63, 3.8) is 0 Å². The molecule has 0 amide bonds. The van der Waals surface area contributed by atoms with E-state index < -0.39 is 36.7 Å². The van der Waals surface area contributed by atoms with Gasteiger partial charge in [-0.3, -0.25) is 9.89 Å². The topological polar surface area (TPSA) is 148 Å². The highest BCUT2D eigenvalue weighted by Gasteiger charge is 2.51. The fraction of sp³-hybridized carbons (Fsp3) is 0.667. The van der Waals surface area contributed by atoms with Gasteiger partial charge in [-0.1, -0.05) is 26.8 Å². The Morgan fingerprint density at radius 3 is 2.68 bits per heavy atom. The Labute approximate surface area is 241 Å².